The van der Waals surface area contributed by atoms with Crippen LogP contribution in [0.1, 0.15) is 61.3 Å². The number of benzene rings is 3. The van der Waals surface area contributed by atoms with Gasteiger partial charge in [0.05, 0.1) is 6.10 Å². The number of hydrogen-bond donors (Lipinski definition) is 0. The lowest BCUT2D eigenvalue weighted by molar-refractivity contribution is -0.0490. The van der Waals surface area contributed by atoms with Gasteiger partial charge in [0.15, 0.2) is 0 Å². The van der Waals surface area contributed by atoms with Gasteiger partial charge in [0, 0.05) is 18.6 Å². The van der Waals surface area contributed by atoms with Crippen LogP contribution in [0.2, 0.25) is 0 Å². The monoisotopic (exact) mass is 447 g/mol. The lowest BCUT2D eigenvalue weighted by Gasteiger charge is -2.41. The summed E-state index contributed by atoms with van der Waals surface area (Å²) in [6.45, 7) is 3.39. The van der Waals surface area contributed by atoms with Crippen LogP contribution in [0.4, 0.5) is 8.78 Å². The van der Waals surface area contributed by atoms with Crippen molar-refractivity contribution in [1.29, 1.82) is 0 Å². The fourth-order valence-corrected chi connectivity index (χ4v) is 5.65. The first-order chi connectivity index (χ1) is 16.1. The number of halogens is 2. The molecule has 2 heterocycles. The SMILES string of the molecule is C[C@@H](CN1[C@@H]2CC[C@H]1CC(OC(c1ccc(F)cc1)c1ccc(F)cc1)C2)c1ccccc1. The van der Waals surface area contributed by atoms with E-state index in [9.17, 15) is 8.78 Å². The van der Waals surface area contributed by atoms with Gasteiger partial charge in [-0.15, -0.1) is 0 Å². The molecule has 2 aliphatic heterocycles. The van der Waals surface area contributed by atoms with Crippen LogP contribution in [0.25, 0.3) is 0 Å². The average Bonchev–Trinajstić information content (AvgIpc) is 3.06. The lowest BCUT2D eigenvalue weighted by Crippen LogP contribution is -2.47. The fraction of sp³-hybridized carbons (Fsp3) is 0.379. The van der Waals surface area contributed by atoms with Crippen molar-refractivity contribution in [2.75, 3.05) is 6.54 Å². The van der Waals surface area contributed by atoms with E-state index in [1.165, 1.54) is 42.7 Å². The van der Waals surface area contributed by atoms with Crippen molar-refractivity contribution in [3.63, 3.8) is 0 Å². The molecule has 3 aromatic rings. The number of piperidine rings is 1. The van der Waals surface area contributed by atoms with E-state index in [0.717, 1.165) is 30.5 Å². The molecule has 0 N–H and O–H groups in total. The largest absolute Gasteiger partial charge is 0.365 e. The van der Waals surface area contributed by atoms with E-state index in [4.69, 9.17) is 4.74 Å². The second-order valence-corrected chi connectivity index (χ2v) is 9.61. The van der Waals surface area contributed by atoms with Gasteiger partial charge in [-0.1, -0.05) is 61.5 Å². The van der Waals surface area contributed by atoms with Gasteiger partial charge >= 0.3 is 0 Å². The molecule has 0 aromatic heterocycles. The number of rotatable bonds is 7. The molecule has 33 heavy (non-hydrogen) atoms. The van der Waals surface area contributed by atoms with Crippen molar-refractivity contribution in [3.8, 4) is 0 Å². The second-order valence-electron chi connectivity index (χ2n) is 9.61. The van der Waals surface area contributed by atoms with E-state index in [2.05, 4.69) is 42.2 Å². The minimum absolute atomic E-state index is 0.130. The number of nitrogens with zero attached hydrogens (tertiary/aromatic N) is 1. The summed E-state index contributed by atoms with van der Waals surface area (Å²) in [4.78, 5) is 2.70. The molecule has 0 radical (unpaired) electrons. The second kappa shape index (κ2) is 9.74. The van der Waals surface area contributed by atoms with Crippen LogP contribution in [0.5, 0.6) is 0 Å². The number of ether oxygens (including phenoxy) is 1. The molecule has 2 bridgehead atoms. The maximum absolute atomic E-state index is 13.5. The van der Waals surface area contributed by atoms with Crippen molar-refractivity contribution in [2.24, 2.45) is 0 Å². The summed E-state index contributed by atoms with van der Waals surface area (Å²) in [5.41, 5.74) is 3.19. The molecular formula is C29H31F2NO. The highest BCUT2D eigenvalue weighted by Gasteiger charge is 2.42. The predicted octanol–water partition coefficient (Wildman–Crippen LogP) is 6.87. The molecule has 2 nitrogen and oxygen atoms in total. The summed E-state index contributed by atoms with van der Waals surface area (Å²) in [5.74, 6) is -0.0380. The van der Waals surface area contributed by atoms with E-state index in [1.54, 1.807) is 24.3 Å². The predicted molar refractivity (Wildman–Crippen MR) is 127 cm³/mol. The van der Waals surface area contributed by atoms with E-state index in [1.807, 2.05) is 0 Å². The first kappa shape index (κ1) is 22.2. The van der Waals surface area contributed by atoms with E-state index < -0.39 is 0 Å². The van der Waals surface area contributed by atoms with Crippen molar-refractivity contribution in [1.82, 2.24) is 4.90 Å². The summed E-state index contributed by atoms with van der Waals surface area (Å²) >= 11 is 0. The molecule has 4 heteroatoms. The van der Waals surface area contributed by atoms with Crippen molar-refractivity contribution in [2.45, 2.75) is 62.8 Å². The Morgan fingerprint density at radius 2 is 1.27 bits per heavy atom. The van der Waals surface area contributed by atoms with Crippen LogP contribution in [0.15, 0.2) is 78.9 Å². The molecule has 0 amide bonds. The fourth-order valence-electron chi connectivity index (χ4n) is 5.65. The quantitative estimate of drug-likeness (QED) is 0.392. The molecule has 0 aliphatic carbocycles. The molecular weight excluding hydrogens is 416 g/mol. The zero-order valence-corrected chi connectivity index (χ0v) is 19.0. The molecule has 2 saturated heterocycles. The van der Waals surface area contributed by atoms with Gasteiger partial charge in [-0.05, 0) is 72.6 Å². The summed E-state index contributed by atoms with van der Waals surface area (Å²) in [7, 11) is 0. The highest BCUT2D eigenvalue weighted by molar-refractivity contribution is 5.31. The van der Waals surface area contributed by atoms with Crippen LogP contribution in [0.3, 0.4) is 0 Å². The van der Waals surface area contributed by atoms with Crippen molar-refractivity contribution in [3.05, 3.63) is 107 Å². The average molecular weight is 448 g/mol. The van der Waals surface area contributed by atoms with Gasteiger partial charge in [0.1, 0.15) is 17.7 Å². The molecule has 5 rings (SSSR count). The maximum Gasteiger partial charge on any atom is 0.123 e. The first-order valence-corrected chi connectivity index (χ1v) is 12.0. The topological polar surface area (TPSA) is 12.5 Å². The zero-order valence-electron chi connectivity index (χ0n) is 19.0. The standard InChI is InChI=1S/C29H31F2NO/c1-20(21-5-3-2-4-6-21)19-32-26-15-16-27(32)18-28(17-26)33-29(22-7-11-24(30)12-8-22)23-9-13-25(31)14-10-23/h2-14,20,26-29H,15-19H2,1H3/t20-,26-,27+,28?/m0/s1. The third kappa shape index (κ3) is 5.02. The Hall–Kier alpha value is -2.56. The van der Waals surface area contributed by atoms with Gasteiger partial charge in [-0.25, -0.2) is 8.78 Å². The Kier molecular flexibility index (Phi) is 6.57. The van der Waals surface area contributed by atoms with Crippen LogP contribution in [0, 0.1) is 11.6 Å². The summed E-state index contributed by atoms with van der Waals surface area (Å²) < 4.78 is 33.8. The smallest absolute Gasteiger partial charge is 0.123 e. The zero-order chi connectivity index (χ0) is 22.8. The van der Waals surface area contributed by atoms with Crippen molar-refractivity contribution < 1.29 is 13.5 Å². The Balaban J connectivity index is 1.30. The molecule has 2 aliphatic rings. The summed E-state index contributed by atoms with van der Waals surface area (Å²) in [6, 6.07) is 24.8. The lowest BCUT2D eigenvalue weighted by atomic mass is 9.94. The van der Waals surface area contributed by atoms with Crippen LogP contribution >= 0.6 is 0 Å². The maximum atomic E-state index is 13.5. The highest BCUT2D eigenvalue weighted by Crippen LogP contribution is 2.40. The van der Waals surface area contributed by atoms with E-state index in [0.29, 0.717) is 18.0 Å². The van der Waals surface area contributed by atoms with Gasteiger partial charge in [0.25, 0.3) is 0 Å². The third-order valence-corrected chi connectivity index (χ3v) is 7.37. The minimum Gasteiger partial charge on any atom is -0.365 e. The van der Waals surface area contributed by atoms with E-state index in [-0.39, 0.29) is 23.8 Å². The van der Waals surface area contributed by atoms with Crippen LogP contribution in [-0.2, 0) is 4.74 Å². The molecule has 0 spiro atoms. The third-order valence-electron chi connectivity index (χ3n) is 7.37. The Labute approximate surface area is 195 Å². The number of fused-ring (bicyclic) bond motifs is 2. The Morgan fingerprint density at radius 1 is 0.758 bits per heavy atom. The Morgan fingerprint density at radius 3 is 1.79 bits per heavy atom. The molecule has 3 aromatic carbocycles. The molecule has 4 atom stereocenters. The normalized spacial score (nSPS) is 23.7. The first-order valence-electron chi connectivity index (χ1n) is 12.0. The number of hydrogen-bond acceptors (Lipinski definition) is 2. The van der Waals surface area contributed by atoms with Gasteiger partial charge in [-0.3, -0.25) is 4.90 Å². The molecule has 172 valence electrons. The van der Waals surface area contributed by atoms with E-state index >= 15 is 0 Å². The van der Waals surface area contributed by atoms with Gasteiger partial charge in [0.2, 0.25) is 0 Å². The van der Waals surface area contributed by atoms with Gasteiger partial charge < -0.3 is 4.74 Å². The molecule has 0 saturated carbocycles. The minimum atomic E-state index is -0.328. The summed E-state index contributed by atoms with van der Waals surface area (Å²) in [5, 5.41) is 0. The van der Waals surface area contributed by atoms with Gasteiger partial charge in [-0.2, -0.15) is 0 Å². The summed E-state index contributed by atoms with van der Waals surface area (Å²) in [6.07, 6.45) is 4.22. The Bertz CT molecular complexity index is 978. The van der Waals surface area contributed by atoms with Crippen molar-refractivity contribution >= 4 is 0 Å². The van der Waals surface area contributed by atoms with Crippen LogP contribution < -0.4 is 0 Å². The molecule has 1 unspecified atom stereocenters. The molecule has 2 fully saturated rings. The van der Waals surface area contributed by atoms with Crippen LogP contribution in [-0.4, -0.2) is 29.6 Å². The highest BCUT2D eigenvalue weighted by atomic mass is 19.1.